The maximum atomic E-state index is 12.0. The first kappa shape index (κ1) is 14.0. The predicted molar refractivity (Wildman–Crippen MR) is 74.0 cm³/mol. The quantitative estimate of drug-likeness (QED) is 0.880. The maximum absolute atomic E-state index is 12.0. The van der Waals surface area contributed by atoms with Crippen molar-refractivity contribution in [3.8, 4) is 0 Å². The Kier molecular flexibility index (Phi) is 3.65. The van der Waals surface area contributed by atoms with Crippen LogP contribution in [-0.4, -0.2) is 27.6 Å². The third-order valence-electron chi connectivity index (χ3n) is 3.89. The van der Waals surface area contributed by atoms with Gasteiger partial charge < -0.3 is 5.32 Å². The summed E-state index contributed by atoms with van der Waals surface area (Å²) in [6.45, 7) is 9.06. The van der Waals surface area contributed by atoms with Crippen LogP contribution in [0.4, 0.5) is 0 Å². The molecule has 0 unspecified atom stereocenters. The van der Waals surface area contributed by atoms with Crippen LogP contribution in [0, 0.1) is 5.41 Å². The van der Waals surface area contributed by atoms with E-state index in [4.69, 9.17) is 0 Å². The van der Waals surface area contributed by atoms with Crippen LogP contribution in [0.3, 0.4) is 0 Å². The summed E-state index contributed by atoms with van der Waals surface area (Å²) in [7, 11) is 0. The summed E-state index contributed by atoms with van der Waals surface area (Å²) in [6.07, 6.45) is 4.91. The SMILES string of the molecule is CC1(CNC(=O)c2n[nH]c(C(C)(C)C)n2)CCCC1. The van der Waals surface area contributed by atoms with Crippen molar-refractivity contribution in [1.29, 1.82) is 0 Å². The van der Waals surface area contributed by atoms with E-state index in [2.05, 4.69) is 27.4 Å². The highest BCUT2D eigenvalue weighted by Gasteiger charge is 2.29. The van der Waals surface area contributed by atoms with Crippen molar-refractivity contribution in [1.82, 2.24) is 20.5 Å². The molecule has 1 heterocycles. The van der Waals surface area contributed by atoms with Crippen molar-refractivity contribution >= 4 is 5.91 Å². The van der Waals surface area contributed by atoms with Crippen molar-refractivity contribution in [2.45, 2.75) is 58.8 Å². The molecule has 1 saturated carbocycles. The summed E-state index contributed by atoms with van der Waals surface area (Å²) < 4.78 is 0. The van der Waals surface area contributed by atoms with Gasteiger partial charge >= 0.3 is 0 Å². The molecule has 0 radical (unpaired) electrons. The Bertz CT molecular complexity index is 452. The van der Waals surface area contributed by atoms with Gasteiger partial charge in [0, 0.05) is 12.0 Å². The first-order valence-corrected chi connectivity index (χ1v) is 7.01. The number of nitrogens with one attached hydrogen (secondary N) is 2. The molecular weight excluding hydrogens is 240 g/mol. The van der Waals surface area contributed by atoms with E-state index < -0.39 is 0 Å². The highest BCUT2D eigenvalue weighted by molar-refractivity contribution is 5.90. The first-order chi connectivity index (χ1) is 8.80. The number of hydrogen-bond acceptors (Lipinski definition) is 3. The molecule has 106 valence electrons. The lowest BCUT2D eigenvalue weighted by atomic mass is 9.89. The van der Waals surface area contributed by atoms with Gasteiger partial charge in [-0.05, 0) is 18.3 Å². The second-order valence-electron chi connectivity index (χ2n) is 6.96. The summed E-state index contributed by atoms with van der Waals surface area (Å²) in [4.78, 5) is 16.3. The number of carbonyl (C=O) groups is 1. The fraction of sp³-hybridized carbons (Fsp3) is 0.786. The molecule has 0 atom stereocenters. The van der Waals surface area contributed by atoms with Crippen LogP contribution < -0.4 is 5.32 Å². The molecule has 1 fully saturated rings. The van der Waals surface area contributed by atoms with Gasteiger partial charge in [-0.3, -0.25) is 9.89 Å². The molecule has 5 nitrogen and oxygen atoms in total. The maximum Gasteiger partial charge on any atom is 0.290 e. The van der Waals surface area contributed by atoms with E-state index >= 15 is 0 Å². The van der Waals surface area contributed by atoms with Gasteiger partial charge in [-0.2, -0.15) is 0 Å². The topological polar surface area (TPSA) is 70.7 Å². The van der Waals surface area contributed by atoms with E-state index in [1.54, 1.807) is 0 Å². The highest BCUT2D eigenvalue weighted by Crippen LogP contribution is 2.36. The molecule has 1 aromatic heterocycles. The van der Waals surface area contributed by atoms with Crippen LogP contribution in [0.1, 0.15) is 69.8 Å². The zero-order valence-corrected chi connectivity index (χ0v) is 12.3. The van der Waals surface area contributed by atoms with Crippen molar-refractivity contribution in [3.63, 3.8) is 0 Å². The molecule has 2 rings (SSSR count). The van der Waals surface area contributed by atoms with Gasteiger partial charge in [0.2, 0.25) is 5.82 Å². The van der Waals surface area contributed by atoms with Crippen LogP contribution in [0.25, 0.3) is 0 Å². The number of aromatic nitrogens is 3. The summed E-state index contributed by atoms with van der Waals surface area (Å²) in [6, 6.07) is 0. The van der Waals surface area contributed by atoms with E-state index in [-0.39, 0.29) is 22.6 Å². The molecule has 0 saturated heterocycles. The molecule has 1 amide bonds. The minimum atomic E-state index is -0.181. The molecule has 0 spiro atoms. The lowest BCUT2D eigenvalue weighted by molar-refractivity contribution is 0.0924. The Labute approximate surface area is 114 Å². The van der Waals surface area contributed by atoms with Crippen molar-refractivity contribution in [2.75, 3.05) is 6.54 Å². The Balaban J connectivity index is 1.95. The highest BCUT2D eigenvalue weighted by atomic mass is 16.2. The number of rotatable bonds is 3. The van der Waals surface area contributed by atoms with Gasteiger partial charge in [0.1, 0.15) is 5.82 Å². The molecule has 0 aromatic carbocycles. The molecule has 1 aliphatic carbocycles. The van der Waals surface area contributed by atoms with E-state index in [0.29, 0.717) is 6.54 Å². The van der Waals surface area contributed by atoms with E-state index in [1.165, 1.54) is 25.7 Å². The Morgan fingerprint density at radius 2 is 2.00 bits per heavy atom. The predicted octanol–water partition coefficient (Wildman–Crippen LogP) is 2.41. The zero-order chi connectivity index (χ0) is 14.1. The fourth-order valence-electron chi connectivity index (χ4n) is 2.48. The minimum Gasteiger partial charge on any atom is -0.349 e. The molecule has 0 aliphatic heterocycles. The Morgan fingerprint density at radius 1 is 1.37 bits per heavy atom. The number of amides is 1. The minimum absolute atomic E-state index is 0.122. The summed E-state index contributed by atoms with van der Waals surface area (Å²) in [5, 5.41) is 9.81. The zero-order valence-electron chi connectivity index (χ0n) is 12.3. The van der Waals surface area contributed by atoms with Gasteiger partial charge in [-0.25, -0.2) is 4.98 Å². The first-order valence-electron chi connectivity index (χ1n) is 7.01. The van der Waals surface area contributed by atoms with Crippen molar-refractivity contribution < 1.29 is 4.79 Å². The fourth-order valence-corrected chi connectivity index (χ4v) is 2.48. The van der Waals surface area contributed by atoms with Crippen molar-refractivity contribution in [3.05, 3.63) is 11.6 Å². The van der Waals surface area contributed by atoms with Crippen LogP contribution >= 0.6 is 0 Å². The third kappa shape index (κ3) is 3.33. The largest absolute Gasteiger partial charge is 0.349 e. The van der Waals surface area contributed by atoms with E-state index in [1.807, 2.05) is 20.8 Å². The standard InChI is InChI=1S/C14H24N4O/c1-13(2,3)12-16-10(17-18-12)11(19)15-9-14(4)7-5-6-8-14/h5-9H2,1-4H3,(H,15,19)(H,16,17,18). The van der Waals surface area contributed by atoms with Crippen LogP contribution in [-0.2, 0) is 5.41 Å². The lowest BCUT2D eigenvalue weighted by Gasteiger charge is -2.23. The van der Waals surface area contributed by atoms with Gasteiger partial charge in [0.05, 0.1) is 0 Å². The van der Waals surface area contributed by atoms with Crippen LogP contribution in [0.2, 0.25) is 0 Å². The average Bonchev–Trinajstić information content (AvgIpc) is 2.94. The normalized spacial score (nSPS) is 18.5. The number of H-pyrrole nitrogens is 1. The summed E-state index contributed by atoms with van der Waals surface area (Å²) >= 11 is 0. The number of hydrogen-bond donors (Lipinski definition) is 2. The molecule has 2 N–H and O–H groups in total. The second kappa shape index (κ2) is 4.94. The molecule has 1 aliphatic rings. The third-order valence-corrected chi connectivity index (χ3v) is 3.89. The van der Waals surface area contributed by atoms with E-state index in [0.717, 1.165) is 5.82 Å². The second-order valence-corrected chi connectivity index (χ2v) is 6.96. The lowest BCUT2D eigenvalue weighted by Crippen LogP contribution is -2.34. The van der Waals surface area contributed by atoms with Crippen LogP contribution in [0.5, 0.6) is 0 Å². The molecule has 0 bridgehead atoms. The number of aromatic amines is 1. The smallest absolute Gasteiger partial charge is 0.290 e. The molecule has 19 heavy (non-hydrogen) atoms. The van der Waals surface area contributed by atoms with Gasteiger partial charge in [-0.15, -0.1) is 5.10 Å². The molecular formula is C14H24N4O. The number of nitrogens with zero attached hydrogens (tertiary/aromatic N) is 2. The van der Waals surface area contributed by atoms with E-state index in [9.17, 15) is 4.79 Å². The number of carbonyl (C=O) groups excluding carboxylic acids is 1. The molecule has 1 aromatic rings. The van der Waals surface area contributed by atoms with Gasteiger partial charge in [-0.1, -0.05) is 40.5 Å². The van der Waals surface area contributed by atoms with Gasteiger partial charge in [0.25, 0.3) is 5.91 Å². The van der Waals surface area contributed by atoms with Crippen molar-refractivity contribution in [2.24, 2.45) is 5.41 Å². The van der Waals surface area contributed by atoms with Gasteiger partial charge in [0.15, 0.2) is 0 Å². The average molecular weight is 264 g/mol. The molecule has 5 heteroatoms. The Hall–Kier alpha value is -1.39. The Morgan fingerprint density at radius 3 is 2.53 bits per heavy atom. The monoisotopic (exact) mass is 264 g/mol. The summed E-state index contributed by atoms with van der Waals surface area (Å²) in [5.41, 5.74) is 0.127. The summed E-state index contributed by atoms with van der Waals surface area (Å²) in [5.74, 6) is 0.802. The van der Waals surface area contributed by atoms with Crippen LogP contribution in [0.15, 0.2) is 0 Å².